The number of thiazole rings is 1. The Labute approximate surface area is 113 Å². The Morgan fingerprint density at radius 3 is 3.17 bits per heavy atom. The summed E-state index contributed by atoms with van der Waals surface area (Å²) in [5.41, 5.74) is 1.14. The second-order valence-electron chi connectivity index (χ2n) is 4.99. The molecule has 1 aromatic heterocycles. The fourth-order valence-corrected chi connectivity index (χ4v) is 2.99. The second-order valence-corrected chi connectivity index (χ2v) is 5.82. The molecule has 2 heterocycles. The van der Waals surface area contributed by atoms with Crippen LogP contribution in [-0.2, 0) is 11.3 Å². The van der Waals surface area contributed by atoms with E-state index < -0.39 is 0 Å². The summed E-state index contributed by atoms with van der Waals surface area (Å²) in [5, 5.41) is 6.71. The molecule has 1 unspecified atom stereocenters. The highest BCUT2D eigenvalue weighted by molar-refractivity contribution is 7.13. The zero-order valence-corrected chi connectivity index (χ0v) is 12.3. The molecular weight excluding hydrogens is 246 g/mol. The zero-order valence-electron chi connectivity index (χ0n) is 11.5. The Morgan fingerprint density at radius 1 is 1.61 bits per heavy atom. The summed E-state index contributed by atoms with van der Waals surface area (Å²) >= 11 is 1.75. The van der Waals surface area contributed by atoms with Gasteiger partial charge < -0.3 is 15.0 Å². The summed E-state index contributed by atoms with van der Waals surface area (Å²) < 4.78 is 5.53. The van der Waals surface area contributed by atoms with Crippen LogP contribution in [-0.4, -0.2) is 36.8 Å². The molecule has 1 atom stereocenters. The van der Waals surface area contributed by atoms with Crippen LogP contribution in [0.2, 0.25) is 0 Å². The van der Waals surface area contributed by atoms with Gasteiger partial charge in [0.05, 0.1) is 24.9 Å². The Bertz CT molecular complexity index is 367. The maximum absolute atomic E-state index is 5.53. The van der Waals surface area contributed by atoms with Crippen molar-refractivity contribution in [2.75, 3.05) is 24.7 Å². The predicted octanol–water partition coefficient (Wildman–Crippen LogP) is 2.26. The van der Waals surface area contributed by atoms with E-state index in [1.54, 1.807) is 11.3 Å². The van der Waals surface area contributed by atoms with Crippen LogP contribution >= 0.6 is 11.3 Å². The summed E-state index contributed by atoms with van der Waals surface area (Å²) in [4.78, 5) is 7.13. The largest absolute Gasteiger partial charge is 0.377 e. The summed E-state index contributed by atoms with van der Waals surface area (Å²) in [6.45, 7) is 9.98. The van der Waals surface area contributed by atoms with Crippen LogP contribution in [0, 0.1) is 0 Å². The van der Waals surface area contributed by atoms with E-state index in [2.05, 4.69) is 36.4 Å². The Balaban J connectivity index is 1.99. The molecule has 0 spiro atoms. The topological polar surface area (TPSA) is 37.4 Å². The molecule has 18 heavy (non-hydrogen) atoms. The number of anilines is 1. The first kappa shape index (κ1) is 13.8. The molecule has 0 aliphatic carbocycles. The average molecular weight is 269 g/mol. The average Bonchev–Trinajstić information content (AvgIpc) is 2.85. The van der Waals surface area contributed by atoms with Crippen LogP contribution < -0.4 is 10.2 Å². The van der Waals surface area contributed by atoms with E-state index in [0.717, 1.165) is 43.5 Å². The molecule has 4 nitrogen and oxygen atoms in total. The molecule has 1 aromatic rings. The highest BCUT2D eigenvalue weighted by Crippen LogP contribution is 2.25. The normalized spacial score (nSPS) is 20.7. The summed E-state index contributed by atoms with van der Waals surface area (Å²) in [7, 11) is 0. The number of rotatable bonds is 5. The molecule has 0 radical (unpaired) electrons. The van der Waals surface area contributed by atoms with Gasteiger partial charge in [-0.3, -0.25) is 0 Å². The second kappa shape index (κ2) is 6.50. The molecule has 0 saturated carbocycles. The Kier molecular flexibility index (Phi) is 4.97. The van der Waals surface area contributed by atoms with Crippen molar-refractivity contribution in [2.24, 2.45) is 0 Å². The lowest BCUT2D eigenvalue weighted by molar-refractivity contribution is 0.0929. The smallest absolute Gasteiger partial charge is 0.185 e. The van der Waals surface area contributed by atoms with Crippen LogP contribution in [0.25, 0.3) is 0 Å². The van der Waals surface area contributed by atoms with Crippen molar-refractivity contribution in [1.82, 2.24) is 10.3 Å². The van der Waals surface area contributed by atoms with E-state index in [9.17, 15) is 0 Å². The van der Waals surface area contributed by atoms with Gasteiger partial charge in [0.1, 0.15) is 0 Å². The van der Waals surface area contributed by atoms with Gasteiger partial charge in [0, 0.05) is 24.5 Å². The molecule has 0 amide bonds. The van der Waals surface area contributed by atoms with Gasteiger partial charge in [0.25, 0.3) is 0 Å². The molecule has 1 fully saturated rings. The van der Waals surface area contributed by atoms with Gasteiger partial charge >= 0.3 is 0 Å². The minimum Gasteiger partial charge on any atom is -0.377 e. The zero-order chi connectivity index (χ0) is 13.0. The predicted molar refractivity (Wildman–Crippen MR) is 76.3 cm³/mol. The quantitative estimate of drug-likeness (QED) is 0.889. The van der Waals surface area contributed by atoms with Crippen molar-refractivity contribution in [3.63, 3.8) is 0 Å². The number of morpholine rings is 1. The van der Waals surface area contributed by atoms with Gasteiger partial charge in [-0.15, -0.1) is 11.3 Å². The molecule has 0 bridgehead atoms. The monoisotopic (exact) mass is 269 g/mol. The van der Waals surface area contributed by atoms with Crippen molar-refractivity contribution in [3.05, 3.63) is 11.1 Å². The number of nitrogens with one attached hydrogen (secondary N) is 1. The van der Waals surface area contributed by atoms with E-state index in [1.165, 1.54) is 0 Å². The van der Waals surface area contributed by atoms with Crippen molar-refractivity contribution >= 4 is 16.5 Å². The van der Waals surface area contributed by atoms with E-state index in [0.29, 0.717) is 12.1 Å². The molecule has 1 N–H and O–H groups in total. The molecule has 102 valence electrons. The van der Waals surface area contributed by atoms with Gasteiger partial charge in [-0.25, -0.2) is 4.98 Å². The van der Waals surface area contributed by atoms with Crippen molar-refractivity contribution in [3.8, 4) is 0 Å². The lowest BCUT2D eigenvalue weighted by atomic mass is 10.2. The van der Waals surface area contributed by atoms with Crippen LogP contribution in [0.15, 0.2) is 5.38 Å². The van der Waals surface area contributed by atoms with E-state index in [1.807, 2.05) is 0 Å². The highest BCUT2D eigenvalue weighted by Gasteiger charge is 2.23. The van der Waals surface area contributed by atoms with Crippen molar-refractivity contribution < 1.29 is 4.74 Å². The maximum atomic E-state index is 5.53. The van der Waals surface area contributed by atoms with Gasteiger partial charge in [-0.05, 0) is 6.42 Å². The molecular formula is C13H23N3OS. The first-order valence-electron chi connectivity index (χ1n) is 6.73. The minimum atomic E-state index is 0.482. The third-order valence-electron chi connectivity index (χ3n) is 3.18. The summed E-state index contributed by atoms with van der Waals surface area (Å²) in [6.07, 6.45) is 1.11. The number of nitrogens with zero attached hydrogens (tertiary/aromatic N) is 2. The third-order valence-corrected chi connectivity index (χ3v) is 4.10. The van der Waals surface area contributed by atoms with Crippen molar-refractivity contribution in [2.45, 2.75) is 45.8 Å². The number of ether oxygens (including phenoxy) is 1. The van der Waals surface area contributed by atoms with E-state index in [4.69, 9.17) is 9.72 Å². The minimum absolute atomic E-state index is 0.482. The lowest BCUT2D eigenvalue weighted by Gasteiger charge is -2.34. The van der Waals surface area contributed by atoms with Gasteiger partial charge in [-0.1, -0.05) is 20.8 Å². The van der Waals surface area contributed by atoms with Crippen LogP contribution in [0.5, 0.6) is 0 Å². The maximum Gasteiger partial charge on any atom is 0.185 e. The number of hydrogen-bond donors (Lipinski definition) is 1. The number of hydrogen-bond acceptors (Lipinski definition) is 5. The van der Waals surface area contributed by atoms with Gasteiger partial charge in [0.15, 0.2) is 5.13 Å². The van der Waals surface area contributed by atoms with Gasteiger partial charge in [-0.2, -0.15) is 0 Å². The van der Waals surface area contributed by atoms with Gasteiger partial charge in [0.2, 0.25) is 0 Å². The highest BCUT2D eigenvalue weighted by atomic mass is 32.1. The van der Waals surface area contributed by atoms with E-state index >= 15 is 0 Å². The third kappa shape index (κ3) is 3.43. The number of aromatic nitrogens is 1. The Hall–Kier alpha value is -0.650. The molecule has 5 heteroatoms. The first-order valence-corrected chi connectivity index (χ1v) is 7.60. The molecule has 1 aliphatic rings. The lowest BCUT2D eigenvalue weighted by Crippen LogP contribution is -2.45. The molecule has 1 aliphatic heterocycles. The van der Waals surface area contributed by atoms with Crippen LogP contribution in [0.4, 0.5) is 5.13 Å². The van der Waals surface area contributed by atoms with Crippen LogP contribution in [0.1, 0.15) is 32.9 Å². The fraction of sp³-hybridized carbons (Fsp3) is 0.769. The SMILES string of the molecule is CCC1COCCN1c1nc(CNC(C)C)cs1. The fourth-order valence-electron chi connectivity index (χ4n) is 2.06. The van der Waals surface area contributed by atoms with E-state index in [-0.39, 0.29) is 0 Å². The summed E-state index contributed by atoms with van der Waals surface area (Å²) in [5.74, 6) is 0. The molecule has 2 rings (SSSR count). The van der Waals surface area contributed by atoms with Crippen molar-refractivity contribution in [1.29, 1.82) is 0 Å². The molecule has 1 saturated heterocycles. The standard InChI is InChI=1S/C13H23N3OS/c1-4-12-8-17-6-5-16(12)13-15-11(9-18-13)7-14-10(2)3/h9-10,12,14H,4-8H2,1-3H3. The van der Waals surface area contributed by atoms with Crippen LogP contribution in [0.3, 0.4) is 0 Å². The summed E-state index contributed by atoms with van der Waals surface area (Å²) in [6, 6.07) is 0.984. The molecule has 0 aromatic carbocycles. The first-order chi connectivity index (χ1) is 8.70. The Morgan fingerprint density at radius 2 is 2.44 bits per heavy atom.